The van der Waals surface area contributed by atoms with E-state index in [1.165, 1.54) is 0 Å². The van der Waals surface area contributed by atoms with Crippen molar-refractivity contribution in [1.29, 1.82) is 0 Å². The van der Waals surface area contributed by atoms with Gasteiger partial charge >= 0.3 is 0 Å². The minimum Gasteiger partial charge on any atom is -0.381 e. The fourth-order valence-corrected chi connectivity index (χ4v) is 8.01. The number of nitrogens with zero attached hydrogens (tertiary/aromatic N) is 4. The van der Waals surface area contributed by atoms with Gasteiger partial charge in [0.2, 0.25) is 15.9 Å². The summed E-state index contributed by atoms with van der Waals surface area (Å²) in [4.78, 5) is 31.1. The smallest absolute Gasteiger partial charge is 0.258 e. The van der Waals surface area contributed by atoms with Gasteiger partial charge < -0.3 is 25.2 Å². The summed E-state index contributed by atoms with van der Waals surface area (Å²) in [6, 6.07) is 7.49. The van der Waals surface area contributed by atoms with E-state index in [9.17, 15) is 26.8 Å². The molecule has 1 aromatic heterocycles. The van der Waals surface area contributed by atoms with Gasteiger partial charge in [-0.1, -0.05) is 13.8 Å². The normalized spacial score (nSPS) is 19.3. The summed E-state index contributed by atoms with van der Waals surface area (Å²) in [5.74, 6) is -2.87. The van der Waals surface area contributed by atoms with E-state index in [1.807, 2.05) is 26.0 Å². The number of hydrogen-bond acceptors (Lipinski definition) is 8. The average Bonchev–Trinajstić information content (AvgIpc) is 3.44. The molecule has 6 rings (SSSR count). The van der Waals surface area contributed by atoms with Crippen molar-refractivity contribution in [3.8, 4) is 0 Å². The highest BCUT2D eigenvalue weighted by molar-refractivity contribution is 7.89. The Labute approximate surface area is 272 Å². The number of rotatable bonds is 7. The molecule has 3 aliphatic heterocycles. The number of ether oxygens (including phenoxy) is 1. The van der Waals surface area contributed by atoms with Gasteiger partial charge in [0.05, 0.1) is 16.1 Å². The number of benzene rings is 2. The van der Waals surface area contributed by atoms with Crippen molar-refractivity contribution in [2.24, 2.45) is 5.92 Å². The number of fused-ring (bicyclic) bond motifs is 1. The Morgan fingerprint density at radius 2 is 1.68 bits per heavy atom. The Balaban J connectivity index is 1.29. The molecule has 0 aliphatic carbocycles. The molecule has 3 N–H and O–H groups in total. The van der Waals surface area contributed by atoms with Gasteiger partial charge in [-0.05, 0) is 50.2 Å². The maximum Gasteiger partial charge on any atom is 0.258 e. The first-order valence-corrected chi connectivity index (χ1v) is 17.1. The SMILES string of the molecule is CN1CCN(c2ccc(C(=O)Nc3n[nH]c4c3CN(S(=O)(=O)c3cc(F)cc(F)c3)CC4(C)C)c(NC(=O)C3CCOCC3)c2)CC1. The maximum absolute atomic E-state index is 14.0. The van der Waals surface area contributed by atoms with Crippen molar-refractivity contribution in [2.75, 3.05) is 68.5 Å². The lowest BCUT2D eigenvalue weighted by Crippen LogP contribution is -2.45. The van der Waals surface area contributed by atoms with Crippen molar-refractivity contribution >= 4 is 39.0 Å². The van der Waals surface area contributed by atoms with Gasteiger partial charge in [-0.2, -0.15) is 9.40 Å². The Hall–Kier alpha value is -3.92. The molecule has 0 bridgehead atoms. The number of H-pyrrole nitrogens is 1. The Morgan fingerprint density at radius 1 is 1.00 bits per heavy atom. The molecule has 0 radical (unpaired) electrons. The van der Waals surface area contributed by atoms with Crippen LogP contribution in [-0.4, -0.2) is 92.6 Å². The molecular formula is C32H39F2N7O5S. The molecule has 3 aromatic rings. The summed E-state index contributed by atoms with van der Waals surface area (Å²) in [6.07, 6.45) is 1.17. The fourth-order valence-electron chi connectivity index (χ4n) is 6.40. The van der Waals surface area contributed by atoms with Crippen molar-refractivity contribution in [1.82, 2.24) is 19.4 Å². The Kier molecular flexibility index (Phi) is 9.09. The van der Waals surface area contributed by atoms with Crippen LogP contribution in [-0.2, 0) is 31.5 Å². The van der Waals surface area contributed by atoms with E-state index in [1.54, 1.807) is 6.07 Å². The summed E-state index contributed by atoms with van der Waals surface area (Å²) >= 11 is 0. The highest BCUT2D eigenvalue weighted by Gasteiger charge is 2.41. The molecule has 2 aromatic carbocycles. The Bertz CT molecular complexity index is 1760. The number of anilines is 3. The van der Waals surface area contributed by atoms with Crippen molar-refractivity contribution in [2.45, 2.75) is 43.5 Å². The van der Waals surface area contributed by atoms with Crippen LogP contribution in [0.5, 0.6) is 0 Å². The lowest BCUT2D eigenvalue weighted by Gasteiger charge is -2.36. The first-order chi connectivity index (χ1) is 22.3. The van der Waals surface area contributed by atoms with Gasteiger partial charge in [0.15, 0.2) is 5.82 Å². The predicted molar refractivity (Wildman–Crippen MR) is 172 cm³/mol. The van der Waals surface area contributed by atoms with Crippen LogP contribution in [0.3, 0.4) is 0 Å². The summed E-state index contributed by atoms with van der Waals surface area (Å²) in [6.45, 7) is 7.78. The first kappa shape index (κ1) is 33.0. The van der Waals surface area contributed by atoms with Crippen LogP contribution < -0.4 is 15.5 Å². The van der Waals surface area contributed by atoms with E-state index in [0.717, 1.165) is 48.3 Å². The number of sulfonamides is 1. The van der Waals surface area contributed by atoms with Crippen molar-refractivity contribution in [3.63, 3.8) is 0 Å². The second-order valence-electron chi connectivity index (χ2n) is 13.0. The van der Waals surface area contributed by atoms with Crippen LogP contribution in [0, 0.1) is 17.6 Å². The third-order valence-corrected chi connectivity index (χ3v) is 10.9. The minimum atomic E-state index is -4.31. The zero-order chi connectivity index (χ0) is 33.5. The van der Waals surface area contributed by atoms with E-state index in [2.05, 4.69) is 37.7 Å². The number of hydrogen-bond donors (Lipinski definition) is 3. The van der Waals surface area contributed by atoms with E-state index in [0.29, 0.717) is 49.1 Å². The van der Waals surface area contributed by atoms with E-state index < -0.39 is 37.9 Å². The minimum absolute atomic E-state index is 0.00614. The molecule has 0 unspecified atom stereocenters. The largest absolute Gasteiger partial charge is 0.381 e. The Morgan fingerprint density at radius 3 is 2.36 bits per heavy atom. The number of nitrogens with one attached hydrogen (secondary N) is 3. The van der Waals surface area contributed by atoms with E-state index in [4.69, 9.17) is 4.74 Å². The van der Waals surface area contributed by atoms with Gasteiger partial charge in [0.25, 0.3) is 5.91 Å². The summed E-state index contributed by atoms with van der Waals surface area (Å²) in [7, 11) is -2.25. The number of carbonyl (C=O) groups excluding carboxylic acids is 2. The molecule has 12 nitrogen and oxygen atoms in total. The highest BCUT2D eigenvalue weighted by atomic mass is 32.2. The van der Waals surface area contributed by atoms with Crippen molar-refractivity contribution in [3.05, 3.63) is 64.9 Å². The number of halogens is 2. The summed E-state index contributed by atoms with van der Waals surface area (Å²) < 4.78 is 61.6. The number of carbonyl (C=O) groups is 2. The molecule has 2 saturated heterocycles. The lowest BCUT2D eigenvalue weighted by molar-refractivity contribution is -0.122. The molecule has 47 heavy (non-hydrogen) atoms. The number of amides is 2. The average molecular weight is 672 g/mol. The predicted octanol–water partition coefficient (Wildman–Crippen LogP) is 3.54. The fraction of sp³-hybridized carbons (Fsp3) is 0.469. The quantitative estimate of drug-likeness (QED) is 0.347. The molecule has 3 aliphatic rings. The van der Waals surface area contributed by atoms with Crippen LogP contribution in [0.4, 0.5) is 26.0 Å². The molecular weight excluding hydrogens is 632 g/mol. The summed E-state index contributed by atoms with van der Waals surface area (Å²) in [5, 5.41) is 13.1. The zero-order valence-electron chi connectivity index (χ0n) is 26.6. The third-order valence-electron chi connectivity index (χ3n) is 9.12. The molecule has 4 heterocycles. The van der Waals surface area contributed by atoms with Crippen LogP contribution in [0.15, 0.2) is 41.3 Å². The second kappa shape index (κ2) is 12.9. The zero-order valence-corrected chi connectivity index (χ0v) is 27.4. The van der Waals surface area contributed by atoms with Gasteiger partial charge in [-0.3, -0.25) is 14.7 Å². The maximum atomic E-state index is 14.0. The third kappa shape index (κ3) is 6.89. The number of likely N-dealkylation sites (N-methyl/N-ethyl adjacent to an activating group) is 1. The molecule has 2 amide bonds. The molecule has 0 saturated carbocycles. The van der Waals surface area contributed by atoms with Gasteiger partial charge in [-0.15, -0.1) is 0 Å². The molecule has 0 spiro atoms. The summed E-state index contributed by atoms with van der Waals surface area (Å²) in [5.41, 5.74) is 1.73. The number of piperazine rings is 1. The first-order valence-electron chi connectivity index (χ1n) is 15.6. The molecule has 15 heteroatoms. The van der Waals surface area contributed by atoms with Gasteiger partial charge in [-0.25, -0.2) is 17.2 Å². The lowest BCUT2D eigenvalue weighted by atomic mass is 9.84. The number of aromatic amines is 1. The second-order valence-corrected chi connectivity index (χ2v) is 15.0. The molecule has 2 fully saturated rings. The van der Waals surface area contributed by atoms with Crippen LogP contribution in [0.25, 0.3) is 0 Å². The standard InChI is InChI=1S/C32H39F2N7O5S/c1-32(2)19-41(47(44,45)24-15-21(33)14-22(34)16-24)18-26-28(32)37-38-29(26)36-31(43)25-5-4-23(40-10-8-39(3)9-11-40)17-27(25)35-30(42)20-6-12-46-13-7-20/h4-5,14-17,20H,6-13,18-19H2,1-3H3,(H,35,42)(H2,36,37,38,43). The highest BCUT2D eigenvalue weighted by Crippen LogP contribution is 2.38. The van der Waals surface area contributed by atoms with Crippen LogP contribution in [0.2, 0.25) is 0 Å². The number of aromatic nitrogens is 2. The van der Waals surface area contributed by atoms with Gasteiger partial charge in [0, 0.05) is 86.8 Å². The monoisotopic (exact) mass is 671 g/mol. The topological polar surface area (TPSA) is 140 Å². The van der Waals surface area contributed by atoms with E-state index >= 15 is 0 Å². The van der Waals surface area contributed by atoms with Crippen LogP contribution in [0.1, 0.15) is 48.3 Å². The molecule has 252 valence electrons. The molecule has 0 atom stereocenters. The van der Waals surface area contributed by atoms with Crippen LogP contribution >= 0.6 is 0 Å². The van der Waals surface area contributed by atoms with E-state index in [-0.39, 0.29) is 36.3 Å². The van der Waals surface area contributed by atoms with Crippen molar-refractivity contribution < 1.29 is 31.5 Å². The van der Waals surface area contributed by atoms with Gasteiger partial charge in [0.1, 0.15) is 11.6 Å².